The van der Waals surface area contributed by atoms with Crippen molar-refractivity contribution in [2.75, 3.05) is 7.11 Å². The van der Waals surface area contributed by atoms with Gasteiger partial charge in [0, 0.05) is 35.7 Å². The molecule has 0 amide bonds. The summed E-state index contributed by atoms with van der Waals surface area (Å²) < 4.78 is 6.63. The van der Waals surface area contributed by atoms with Crippen molar-refractivity contribution in [1.29, 1.82) is 0 Å². The summed E-state index contributed by atoms with van der Waals surface area (Å²) in [5, 5.41) is 7.51. The van der Waals surface area contributed by atoms with E-state index in [9.17, 15) is 4.79 Å². The maximum Gasteiger partial charge on any atom is 0.345 e. The van der Waals surface area contributed by atoms with Crippen LogP contribution in [0, 0.1) is 5.92 Å². The molecule has 1 fully saturated rings. The van der Waals surface area contributed by atoms with Crippen LogP contribution in [-0.4, -0.2) is 47.6 Å². The van der Waals surface area contributed by atoms with Crippen LogP contribution in [0.3, 0.4) is 0 Å². The van der Waals surface area contributed by atoms with Crippen molar-refractivity contribution in [3.63, 3.8) is 0 Å². The van der Waals surface area contributed by atoms with E-state index in [4.69, 9.17) is 14.7 Å². The number of esters is 1. The van der Waals surface area contributed by atoms with Crippen molar-refractivity contribution in [3.05, 3.63) is 117 Å². The zero-order valence-corrected chi connectivity index (χ0v) is 25.2. The molecule has 4 heterocycles. The molecule has 42 heavy (non-hydrogen) atoms. The Bertz CT molecular complexity index is 1740. The molecular weight excluding hydrogens is 639 g/mol. The third-order valence-corrected chi connectivity index (χ3v) is 10.5. The van der Waals surface area contributed by atoms with E-state index < -0.39 is 20.7 Å². The Morgan fingerprint density at radius 2 is 1.81 bits per heavy atom. The first-order chi connectivity index (χ1) is 20.6. The molecule has 0 bridgehead atoms. The Kier molecular flexibility index (Phi) is 7.33. The number of ether oxygens (including phenoxy) is 1. The van der Waals surface area contributed by atoms with Gasteiger partial charge in [-0.15, -0.1) is 0 Å². The number of aryl methyl sites for hydroxylation is 1. The molecule has 7 rings (SSSR count). The van der Waals surface area contributed by atoms with Crippen molar-refractivity contribution in [3.8, 4) is 11.5 Å². The van der Waals surface area contributed by atoms with Crippen molar-refractivity contribution in [2.45, 2.75) is 31.6 Å². The number of aliphatic imine (C=N–C) groups is 1. The van der Waals surface area contributed by atoms with Gasteiger partial charge in [-0.05, 0) is 75.6 Å². The molecule has 1 N–H and O–H groups in total. The standard InChI is InChI=1S/C33H29IN6O2/c1-42-32(41)27-20-40-19-26(23-7-3-2-4-8-23)29(36-33(40)34-27)24-14-12-21(13-15-24)10-11-22-17-25(18-22)30-37-31(39-38-30)28-9-5-6-16-35-28/h2-9,12-16,19-20,22,25H,10-11,17-18H2,1H3,(H,37,38,39). The van der Waals surface area contributed by atoms with Crippen molar-refractivity contribution in [2.24, 2.45) is 10.9 Å². The maximum absolute atomic E-state index is 12.2. The fourth-order valence-corrected chi connectivity index (χ4v) is 7.88. The second-order valence-electron chi connectivity index (χ2n) is 10.6. The summed E-state index contributed by atoms with van der Waals surface area (Å²) in [4.78, 5) is 28.3. The number of fused-ring (bicyclic) bond motifs is 1. The molecule has 1 aliphatic carbocycles. The van der Waals surface area contributed by atoms with Crippen molar-refractivity contribution < 1.29 is 9.53 Å². The van der Waals surface area contributed by atoms with Crippen LogP contribution in [0.15, 0.2) is 100.0 Å². The molecule has 4 aromatic rings. The highest BCUT2D eigenvalue weighted by atomic mass is 127. The van der Waals surface area contributed by atoms with E-state index in [1.807, 2.05) is 47.5 Å². The number of carbonyl (C=O) groups is 1. The van der Waals surface area contributed by atoms with Gasteiger partial charge in [0.1, 0.15) is 15.1 Å². The molecule has 2 aromatic carbocycles. The highest BCUT2D eigenvalue weighted by Gasteiger charge is 2.32. The predicted octanol–water partition coefficient (Wildman–Crippen LogP) is 6.23. The summed E-state index contributed by atoms with van der Waals surface area (Å²) in [6.45, 7) is 0. The van der Waals surface area contributed by atoms with Crippen molar-refractivity contribution >= 4 is 41.7 Å². The quantitative estimate of drug-likeness (QED) is 0.177. The molecule has 0 saturated heterocycles. The zero-order valence-electron chi connectivity index (χ0n) is 23.1. The molecule has 9 heteroatoms. The molecule has 0 spiro atoms. The van der Waals surface area contributed by atoms with Crippen LogP contribution < -0.4 is 0 Å². The van der Waals surface area contributed by atoms with Crippen molar-refractivity contribution in [1.82, 2.24) is 25.1 Å². The van der Waals surface area contributed by atoms with Gasteiger partial charge >= 0.3 is 5.97 Å². The summed E-state index contributed by atoms with van der Waals surface area (Å²) >= 11 is -0.704. The Hall–Kier alpha value is -4.25. The van der Waals surface area contributed by atoms with Gasteiger partial charge in [-0.25, -0.2) is 14.8 Å². The lowest BCUT2D eigenvalue weighted by molar-refractivity contribution is -0.135. The Morgan fingerprint density at radius 3 is 2.57 bits per heavy atom. The van der Waals surface area contributed by atoms with E-state index in [0.29, 0.717) is 21.2 Å². The van der Waals surface area contributed by atoms with Crippen LogP contribution >= 0.6 is 20.7 Å². The average molecular weight is 669 g/mol. The molecule has 1 saturated carbocycles. The van der Waals surface area contributed by atoms with E-state index >= 15 is 0 Å². The number of hydrogen-bond acceptors (Lipinski definition) is 7. The number of rotatable bonds is 8. The number of aromatic nitrogens is 4. The molecule has 8 nitrogen and oxygen atoms in total. The lowest BCUT2D eigenvalue weighted by Crippen LogP contribution is -2.24. The minimum Gasteiger partial charge on any atom is -0.465 e. The molecule has 2 aliphatic heterocycles. The summed E-state index contributed by atoms with van der Waals surface area (Å²) in [7, 11) is 1.43. The number of aromatic amines is 1. The number of methoxy groups -OCH3 is 1. The molecule has 2 aromatic heterocycles. The number of nitrogens with zero attached hydrogens (tertiary/aromatic N) is 5. The second-order valence-corrected chi connectivity index (χ2v) is 13.3. The van der Waals surface area contributed by atoms with Gasteiger partial charge < -0.3 is 9.64 Å². The summed E-state index contributed by atoms with van der Waals surface area (Å²) in [6.07, 6.45) is 10.2. The van der Waals surface area contributed by atoms with Gasteiger partial charge in [0.05, 0.1) is 12.8 Å². The number of H-pyrrole nitrogens is 1. The Morgan fingerprint density at radius 1 is 1.00 bits per heavy atom. The van der Waals surface area contributed by atoms with E-state index in [2.05, 4.69) is 57.8 Å². The van der Waals surface area contributed by atoms with Gasteiger partial charge in [0.25, 0.3) is 0 Å². The number of allylic oxidation sites excluding steroid dienone is 1. The van der Waals surface area contributed by atoms with Crippen LogP contribution in [0.25, 0.3) is 17.1 Å². The van der Waals surface area contributed by atoms with Gasteiger partial charge in [-0.1, -0.05) is 60.7 Å². The minimum atomic E-state index is -0.704. The normalized spacial score (nSPS) is 19.4. The fraction of sp³-hybridized carbons (Fsp3) is 0.212. The van der Waals surface area contributed by atoms with Gasteiger partial charge in [0.15, 0.2) is 9.58 Å². The first kappa shape index (κ1) is 26.6. The first-order valence-electron chi connectivity index (χ1n) is 14.0. The third-order valence-electron chi connectivity index (χ3n) is 7.93. The number of carbonyl (C=O) groups excluding carboxylic acids is 1. The zero-order chi connectivity index (χ0) is 28.5. The van der Waals surface area contributed by atoms with Crippen LogP contribution in [0.1, 0.15) is 47.7 Å². The smallest absolute Gasteiger partial charge is 0.345 e. The molecule has 3 aliphatic rings. The van der Waals surface area contributed by atoms with Crippen LogP contribution in [0.5, 0.6) is 0 Å². The second kappa shape index (κ2) is 11.6. The van der Waals surface area contributed by atoms with E-state index in [0.717, 1.165) is 63.4 Å². The van der Waals surface area contributed by atoms with E-state index in [1.54, 1.807) is 6.20 Å². The third kappa shape index (κ3) is 5.36. The fourth-order valence-electron chi connectivity index (χ4n) is 5.56. The average Bonchev–Trinajstić information content (AvgIpc) is 3.68. The number of benzene rings is 2. The highest BCUT2D eigenvalue weighted by Crippen LogP contribution is 2.43. The van der Waals surface area contributed by atoms with Gasteiger partial charge in [0.2, 0.25) is 0 Å². The summed E-state index contributed by atoms with van der Waals surface area (Å²) in [5.41, 5.74) is 6.28. The molecule has 0 radical (unpaired) electrons. The van der Waals surface area contributed by atoms with Crippen LogP contribution in [0.4, 0.5) is 0 Å². The number of hydrogen-bond donors (Lipinski definition) is 1. The Balaban J connectivity index is 1.01. The molecule has 0 unspecified atom stereocenters. The van der Waals surface area contributed by atoms with Crippen LogP contribution in [0.2, 0.25) is 0 Å². The SMILES string of the molecule is COC(=O)C1=CN2C=C(c3ccccc3)C(c3ccc(CCC4CC(c5nc(-c6ccccn6)n[nH]5)C4)cc3)=NC2=I1. The maximum atomic E-state index is 12.2. The number of nitrogens with one attached hydrogen (secondary N) is 1. The lowest BCUT2D eigenvalue weighted by Gasteiger charge is -2.33. The first-order valence-corrected chi connectivity index (χ1v) is 16.2. The lowest BCUT2D eigenvalue weighted by atomic mass is 9.72. The Labute approximate surface area is 254 Å². The largest absolute Gasteiger partial charge is 0.465 e. The monoisotopic (exact) mass is 668 g/mol. The number of halogens is 1. The number of pyridine rings is 1. The minimum absolute atomic E-state index is 0.270. The molecular formula is C33H29IN6O2. The van der Waals surface area contributed by atoms with Crippen LogP contribution in [-0.2, 0) is 16.0 Å². The molecule has 0 atom stereocenters. The van der Waals surface area contributed by atoms with E-state index in [-0.39, 0.29) is 5.97 Å². The highest BCUT2D eigenvalue weighted by molar-refractivity contribution is 14.2. The van der Waals surface area contributed by atoms with Gasteiger partial charge in [-0.3, -0.25) is 10.1 Å². The van der Waals surface area contributed by atoms with Gasteiger partial charge in [-0.2, -0.15) is 5.10 Å². The molecule has 210 valence electrons. The van der Waals surface area contributed by atoms with E-state index in [1.165, 1.54) is 12.7 Å². The summed E-state index contributed by atoms with van der Waals surface area (Å²) in [6, 6.07) is 24.9. The topological polar surface area (TPSA) is 96.4 Å². The predicted molar refractivity (Wildman–Crippen MR) is 172 cm³/mol. The summed E-state index contributed by atoms with van der Waals surface area (Å²) in [5.74, 6) is 2.51.